The van der Waals surface area contributed by atoms with E-state index in [0.29, 0.717) is 10.6 Å². The average Bonchev–Trinajstić information content (AvgIpc) is 2.72. The molecule has 2 rings (SSSR count). The van der Waals surface area contributed by atoms with Crippen LogP contribution in [0.5, 0.6) is 0 Å². The number of amides is 1. The third kappa shape index (κ3) is 3.54. The van der Waals surface area contributed by atoms with Crippen LogP contribution in [0.2, 0.25) is 0 Å². The number of nitrogens with zero attached hydrogens (tertiary/aromatic N) is 1. The number of carbonyl (C=O) groups is 1. The summed E-state index contributed by atoms with van der Waals surface area (Å²) in [6, 6.07) is 1.69. The van der Waals surface area contributed by atoms with Crippen molar-refractivity contribution in [2.75, 3.05) is 18.0 Å². The minimum atomic E-state index is -4.28. The minimum Gasteiger partial charge on any atom is -0.397 e. The van der Waals surface area contributed by atoms with Crippen LogP contribution < -0.4 is 11.1 Å². The van der Waals surface area contributed by atoms with Crippen molar-refractivity contribution in [1.82, 2.24) is 10.3 Å². The van der Waals surface area contributed by atoms with E-state index in [9.17, 15) is 18.0 Å². The van der Waals surface area contributed by atoms with E-state index in [1.54, 1.807) is 18.5 Å². The molecule has 20 heavy (non-hydrogen) atoms. The Labute approximate surface area is 120 Å². The number of carbonyl (C=O) groups excluding carboxylic acids is 1. The average molecular weight is 321 g/mol. The van der Waals surface area contributed by atoms with Gasteiger partial charge in [-0.15, -0.1) is 11.3 Å². The van der Waals surface area contributed by atoms with Crippen LogP contribution in [-0.4, -0.2) is 28.7 Å². The first-order chi connectivity index (χ1) is 9.38. The Morgan fingerprint density at radius 3 is 2.90 bits per heavy atom. The predicted molar refractivity (Wildman–Crippen MR) is 74.9 cm³/mol. The Hall–Kier alpha value is -1.48. The number of nitrogens with one attached hydrogen (secondary N) is 1. The molecule has 0 radical (unpaired) electrons. The normalized spacial score (nSPS) is 11.8. The molecule has 3 N–H and O–H groups in total. The van der Waals surface area contributed by atoms with Crippen LogP contribution in [0, 0.1) is 0 Å². The molecule has 2 heterocycles. The molecule has 0 aliphatic heterocycles. The lowest BCUT2D eigenvalue weighted by atomic mass is 10.2. The fourth-order valence-corrected chi connectivity index (χ4v) is 2.99. The highest BCUT2D eigenvalue weighted by Gasteiger charge is 2.27. The minimum absolute atomic E-state index is 0.0745. The van der Waals surface area contributed by atoms with Crippen molar-refractivity contribution in [1.29, 1.82) is 0 Å². The number of hydrogen-bond donors (Lipinski definition) is 2. The summed E-state index contributed by atoms with van der Waals surface area (Å²) < 4.78 is 36.6. The molecule has 1 amide bonds. The van der Waals surface area contributed by atoms with Crippen LogP contribution in [0.4, 0.5) is 18.9 Å². The fraction of sp³-hybridized carbons (Fsp3) is 0.273. The molecular formula is C11H10F3N3OS2. The van der Waals surface area contributed by atoms with Crippen LogP contribution in [0.1, 0.15) is 9.67 Å². The predicted octanol–water partition coefficient (Wildman–Crippen LogP) is 2.86. The summed E-state index contributed by atoms with van der Waals surface area (Å²) in [6.07, 6.45) is 3.15. The Morgan fingerprint density at radius 2 is 2.25 bits per heavy atom. The van der Waals surface area contributed by atoms with Gasteiger partial charge in [0.15, 0.2) is 0 Å². The highest BCUT2D eigenvalue weighted by molar-refractivity contribution is 8.00. The maximum Gasteiger partial charge on any atom is 0.441 e. The molecular weight excluding hydrogens is 311 g/mol. The van der Waals surface area contributed by atoms with Crippen molar-refractivity contribution in [2.45, 2.75) is 5.51 Å². The van der Waals surface area contributed by atoms with E-state index in [4.69, 9.17) is 5.73 Å². The fourth-order valence-electron chi connectivity index (χ4n) is 1.55. The molecule has 0 saturated heterocycles. The Bertz CT molecular complexity index is 627. The summed E-state index contributed by atoms with van der Waals surface area (Å²) >= 11 is 0.994. The standard InChI is InChI=1S/C11H10F3N3OS2/c12-11(13,14)19-4-3-17-10(18)9-8(15)6-1-2-16-5-7(6)20-9/h1-2,5H,3-4,15H2,(H,17,18). The highest BCUT2D eigenvalue weighted by Crippen LogP contribution is 2.33. The number of nitrogen functional groups attached to an aromatic ring is 1. The van der Waals surface area contributed by atoms with Crippen molar-refractivity contribution in [3.8, 4) is 0 Å². The molecule has 4 nitrogen and oxygen atoms in total. The summed E-state index contributed by atoms with van der Waals surface area (Å²) in [5.74, 6) is -0.701. The van der Waals surface area contributed by atoms with E-state index in [-0.39, 0.29) is 24.1 Å². The van der Waals surface area contributed by atoms with Crippen LogP contribution in [0.25, 0.3) is 10.1 Å². The number of alkyl halides is 3. The van der Waals surface area contributed by atoms with Crippen molar-refractivity contribution >= 4 is 44.8 Å². The van der Waals surface area contributed by atoms with Crippen LogP contribution in [-0.2, 0) is 0 Å². The zero-order chi connectivity index (χ0) is 14.8. The summed E-state index contributed by atoms with van der Waals surface area (Å²) in [5, 5.41) is 3.15. The number of pyridine rings is 1. The zero-order valence-electron chi connectivity index (χ0n) is 10.0. The zero-order valence-corrected chi connectivity index (χ0v) is 11.7. The van der Waals surface area contributed by atoms with Gasteiger partial charge in [0, 0.05) is 30.1 Å². The van der Waals surface area contributed by atoms with Crippen LogP contribution >= 0.6 is 23.1 Å². The highest BCUT2D eigenvalue weighted by atomic mass is 32.2. The molecule has 0 aromatic carbocycles. The lowest BCUT2D eigenvalue weighted by Gasteiger charge is -2.06. The Balaban J connectivity index is 1.99. The van der Waals surface area contributed by atoms with Gasteiger partial charge in [-0.2, -0.15) is 13.2 Å². The maximum atomic E-state index is 11.9. The van der Waals surface area contributed by atoms with E-state index in [1.807, 2.05) is 0 Å². The number of thiophene rings is 1. The largest absolute Gasteiger partial charge is 0.441 e. The Morgan fingerprint density at radius 1 is 1.50 bits per heavy atom. The molecule has 0 aliphatic rings. The number of thioether (sulfide) groups is 1. The van der Waals surface area contributed by atoms with Crippen molar-refractivity contribution in [3.63, 3.8) is 0 Å². The molecule has 0 spiro atoms. The van der Waals surface area contributed by atoms with Crippen molar-refractivity contribution in [3.05, 3.63) is 23.3 Å². The van der Waals surface area contributed by atoms with Gasteiger partial charge in [0.25, 0.3) is 5.91 Å². The second kappa shape index (κ2) is 5.88. The van der Waals surface area contributed by atoms with Gasteiger partial charge in [0.1, 0.15) is 4.88 Å². The smallest absolute Gasteiger partial charge is 0.397 e. The molecule has 2 aromatic heterocycles. The number of hydrogen-bond acceptors (Lipinski definition) is 5. The molecule has 2 aromatic rings. The van der Waals surface area contributed by atoms with Crippen molar-refractivity contribution < 1.29 is 18.0 Å². The summed E-state index contributed by atoms with van der Waals surface area (Å²) in [6.45, 7) is -0.0745. The number of rotatable bonds is 4. The first kappa shape index (κ1) is 14.9. The molecule has 0 saturated carbocycles. The molecule has 0 fully saturated rings. The van der Waals surface area contributed by atoms with Crippen LogP contribution in [0.15, 0.2) is 18.5 Å². The van der Waals surface area contributed by atoms with Crippen molar-refractivity contribution in [2.24, 2.45) is 0 Å². The van der Waals surface area contributed by atoms with Gasteiger partial charge in [-0.25, -0.2) is 0 Å². The monoisotopic (exact) mass is 321 g/mol. The lowest BCUT2D eigenvalue weighted by molar-refractivity contribution is -0.0327. The molecule has 0 unspecified atom stereocenters. The Kier molecular flexibility index (Phi) is 4.39. The lowest BCUT2D eigenvalue weighted by Crippen LogP contribution is -2.26. The second-order valence-corrected chi connectivity index (χ2v) is 5.98. The molecule has 108 valence electrons. The van der Waals surface area contributed by atoms with E-state index in [1.165, 1.54) is 11.3 Å². The van der Waals surface area contributed by atoms with E-state index >= 15 is 0 Å². The van der Waals surface area contributed by atoms with E-state index < -0.39 is 11.4 Å². The van der Waals surface area contributed by atoms with Gasteiger partial charge in [0.05, 0.1) is 10.4 Å². The van der Waals surface area contributed by atoms with Crippen LogP contribution in [0.3, 0.4) is 0 Å². The van der Waals surface area contributed by atoms with Gasteiger partial charge in [0.2, 0.25) is 0 Å². The SMILES string of the molecule is Nc1c(C(=O)NCCSC(F)(F)F)sc2cnccc12. The second-order valence-electron chi connectivity index (χ2n) is 3.77. The summed E-state index contributed by atoms with van der Waals surface area (Å²) in [7, 11) is 0. The molecule has 9 heteroatoms. The first-order valence-corrected chi connectivity index (χ1v) is 7.29. The van der Waals surface area contributed by atoms with Gasteiger partial charge in [-0.05, 0) is 17.8 Å². The van der Waals surface area contributed by atoms with Gasteiger partial charge in [-0.3, -0.25) is 9.78 Å². The van der Waals surface area contributed by atoms with Gasteiger partial charge < -0.3 is 11.1 Å². The number of nitrogens with two attached hydrogens (primary N) is 1. The quantitative estimate of drug-likeness (QED) is 0.850. The summed E-state index contributed by atoms with van der Waals surface area (Å²) in [5.41, 5.74) is 1.89. The molecule has 0 bridgehead atoms. The third-order valence-electron chi connectivity index (χ3n) is 2.39. The first-order valence-electron chi connectivity index (χ1n) is 5.49. The number of anilines is 1. The topological polar surface area (TPSA) is 68.0 Å². The molecule has 0 atom stereocenters. The van der Waals surface area contributed by atoms with E-state index in [0.717, 1.165) is 10.1 Å². The number of aromatic nitrogens is 1. The number of halogens is 3. The summed E-state index contributed by atoms with van der Waals surface area (Å²) in [4.78, 5) is 16.1. The van der Waals surface area contributed by atoms with Gasteiger partial charge in [-0.1, -0.05) is 0 Å². The number of fused-ring (bicyclic) bond motifs is 1. The van der Waals surface area contributed by atoms with E-state index in [2.05, 4.69) is 10.3 Å². The molecule has 0 aliphatic carbocycles. The van der Waals surface area contributed by atoms with Gasteiger partial charge >= 0.3 is 5.51 Å². The third-order valence-corrected chi connectivity index (χ3v) is 4.28. The maximum absolute atomic E-state index is 11.9.